The molecule has 0 aromatic rings. The fourth-order valence-corrected chi connectivity index (χ4v) is 2.05. The predicted molar refractivity (Wildman–Crippen MR) is 51.3 cm³/mol. The molecule has 1 unspecified atom stereocenters. The van der Waals surface area contributed by atoms with Crippen molar-refractivity contribution in [3.63, 3.8) is 0 Å². The van der Waals surface area contributed by atoms with Crippen molar-refractivity contribution < 1.29 is 19.4 Å². The van der Waals surface area contributed by atoms with Gasteiger partial charge in [-0.2, -0.15) is 0 Å². The lowest BCUT2D eigenvalue weighted by Crippen LogP contribution is -2.40. The van der Waals surface area contributed by atoms with Gasteiger partial charge in [-0.15, -0.1) is 0 Å². The summed E-state index contributed by atoms with van der Waals surface area (Å²) in [6, 6.07) is 0. The minimum Gasteiger partial charge on any atom is -0.480 e. The Morgan fingerprint density at radius 3 is 2.53 bits per heavy atom. The van der Waals surface area contributed by atoms with Crippen LogP contribution in [0.25, 0.3) is 0 Å². The molecule has 0 aromatic heterocycles. The third-order valence-electron chi connectivity index (χ3n) is 3.33. The Kier molecular flexibility index (Phi) is 2.42. The normalized spacial score (nSPS) is 27.8. The van der Waals surface area contributed by atoms with Crippen molar-refractivity contribution in [2.75, 3.05) is 20.2 Å². The molecule has 2 rings (SSSR count). The summed E-state index contributed by atoms with van der Waals surface area (Å²) in [5.74, 6) is -1.21. The maximum Gasteiger partial charge on any atom is 0.319 e. The summed E-state index contributed by atoms with van der Waals surface area (Å²) in [4.78, 5) is 24.5. The molecule has 5 nitrogen and oxygen atoms in total. The van der Waals surface area contributed by atoms with Gasteiger partial charge in [0.15, 0.2) is 0 Å². The van der Waals surface area contributed by atoms with Crippen molar-refractivity contribution in [1.82, 2.24) is 4.90 Å². The van der Waals surface area contributed by atoms with Gasteiger partial charge in [0.1, 0.15) is 5.41 Å². The summed E-state index contributed by atoms with van der Waals surface area (Å²) in [6.07, 6.45) is 1.83. The smallest absolute Gasteiger partial charge is 0.319 e. The van der Waals surface area contributed by atoms with Crippen molar-refractivity contribution in [1.29, 1.82) is 0 Å². The molecule has 2 fully saturated rings. The number of nitrogens with zero attached hydrogens (tertiary/aromatic N) is 1. The fraction of sp³-hybridized carbons (Fsp3) is 0.800. The number of carbonyl (C=O) groups is 2. The molecule has 5 heteroatoms. The molecule has 1 saturated heterocycles. The third-order valence-corrected chi connectivity index (χ3v) is 3.33. The number of carboxylic acid groups (broad SMARTS) is 1. The highest BCUT2D eigenvalue weighted by atomic mass is 16.5. The maximum absolute atomic E-state index is 11.9. The summed E-state index contributed by atoms with van der Waals surface area (Å²) in [5.41, 5.74) is -1.09. The number of aliphatic carboxylic acids is 1. The van der Waals surface area contributed by atoms with Gasteiger partial charge in [-0.3, -0.25) is 9.59 Å². The second-order valence-corrected chi connectivity index (χ2v) is 4.28. The highest BCUT2D eigenvalue weighted by Gasteiger charge is 2.59. The highest BCUT2D eigenvalue weighted by Crippen LogP contribution is 2.47. The lowest BCUT2D eigenvalue weighted by Gasteiger charge is -2.20. The lowest BCUT2D eigenvalue weighted by atomic mass is 10.1. The molecule has 1 aliphatic heterocycles. The summed E-state index contributed by atoms with van der Waals surface area (Å²) < 4.78 is 5.14. The first-order valence-electron chi connectivity index (χ1n) is 5.16. The standard InChI is InChI=1S/C10H15NO4/c1-15-7-2-5-11(6-7)8(12)10(3-4-10)9(13)14/h7H,2-6H2,1H3,(H,13,14). The summed E-state index contributed by atoms with van der Waals surface area (Å²) in [7, 11) is 1.61. The second-order valence-electron chi connectivity index (χ2n) is 4.28. The van der Waals surface area contributed by atoms with Crippen molar-refractivity contribution in [2.24, 2.45) is 5.41 Å². The summed E-state index contributed by atoms with van der Waals surface area (Å²) >= 11 is 0. The van der Waals surface area contributed by atoms with Crippen molar-refractivity contribution in [3.8, 4) is 0 Å². The molecule has 1 heterocycles. The molecule has 0 spiro atoms. The van der Waals surface area contributed by atoms with Crippen LogP contribution in [0.2, 0.25) is 0 Å². The van der Waals surface area contributed by atoms with Crippen LogP contribution < -0.4 is 0 Å². The number of rotatable bonds is 3. The molecule has 2 aliphatic rings. The van der Waals surface area contributed by atoms with Gasteiger partial charge in [-0.25, -0.2) is 0 Å². The van der Waals surface area contributed by atoms with E-state index in [2.05, 4.69) is 0 Å². The third kappa shape index (κ3) is 1.61. The number of carboxylic acids is 1. The molecule has 84 valence electrons. The minimum atomic E-state index is -1.09. The van der Waals surface area contributed by atoms with Gasteiger partial charge in [0.2, 0.25) is 5.91 Å². The molecule has 15 heavy (non-hydrogen) atoms. The van der Waals surface area contributed by atoms with Crippen LogP contribution in [0.3, 0.4) is 0 Å². The van der Waals surface area contributed by atoms with Gasteiger partial charge >= 0.3 is 5.97 Å². The van der Waals surface area contributed by atoms with Crippen LogP contribution in [0.5, 0.6) is 0 Å². The summed E-state index contributed by atoms with van der Waals surface area (Å²) in [5, 5.41) is 8.98. The number of methoxy groups -OCH3 is 1. The van der Waals surface area contributed by atoms with E-state index in [1.165, 1.54) is 0 Å². The van der Waals surface area contributed by atoms with Crippen LogP contribution in [0, 0.1) is 5.41 Å². The Hall–Kier alpha value is -1.10. The second kappa shape index (κ2) is 3.48. The number of ether oxygens (including phenoxy) is 1. The van der Waals surface area contributed by atoms with Crippen LogP contribution in [-0.2, 0) is 14.3 Å². The Morgan fingerprint density at radius 2 is 2.13 bits per heavy atom. The molecule has 1 N–H and O–H groups in total. The van der Waals surface area contributed by atoms with Crippen LogP contribution in [0.4, 0.5) is 0 Å². The van der Waals surface area contributed by atoms with Gasteiger partial charge < -0.3 is 14.7 Å². The van der Waals surface area contributed by atoms with Crippen molar-refractivity contribution >= 4 is 11.9 Å². The minimum absolute atomic E-state index is 0.0681. The Morgan fingerprint density at radius 1 is 1.47 bits per heavy atom. The molecular formula is C10H15NO4. The van der Waals surface area contributed by atoms with E-state index in [9.17, 15) is 9.59 Å². The molecule has 0 aromatic carbocycles. The molecule has 1 amide bonds. The lowest BCUT2D eigenvalue weighted by molar-refractivity contribution is -0.153. The van der Waals surface area contributed by atoms with E-state index in [1.807, 2.05) is 0 Å². The van der Waals surface area contributed by atoms with Crippen LogP contribution >= 0.6 is 0 Å². The van der Waals surface area contributed by atoms with Crippen molar-refractivity contribution in [2.45, 2.75) is 25.4 Å². The maximum atomic E-state index is 11.9. The van der Waals surface area contributed by atoms with Gasteiger partial charge in [0.25, 0.3) is 0 Å². The first-order chi connectivity index (χ1) is 7.10. The number of amides is 1. The number of hydrogen-bond acceptors (Lipinski definition) is 3. The topological polar surface area (TPSA) is 66.8 Å². The largest absolute Gasteiger partial charge is 0.480 e. The van der Waals surface area contributed by atoms with Gasteiger partial charge in [0, 0.05) is 20.2 Å². The zero-order valence-corrected chi connectivity index (χ0v) is 8.73. The number of likely N-dealkylation sites (tertiary alicyclic amines) is 1. The van der Waals surface area contributed by atoms with E-state index in [1.54, 1.807) is 12.0 Å². The van der Waals surface area contributed by atoms with Crippen molar-refractivity contribution in [3.05, 3.63) is 0 Å². The molecule has 0 bridgehead atoms. The monoisotopic (exact) mass is 213 g/mol. The van der Waals surface area contributed by atoms with Crippen LogP contribution in [0.1, 0.15) is 19.3 Å². The van der Waals surface area contributed by atoms with E-state index >= 15 is 0 Å². The molecule has 1 atom stereocenters. The Bertz CT molecular complexity index is 298. The molecule has 1 aliphatic carbocycles. The average Bonchev–Trinajstić information content (AvgIpc) is 2.89. The Labute approximate surface area is 88.0 Å². The van der Waals surface area contributed by atoms with Crippen LogP contribution in [0.15, 0.2) is 0 Å². The zero-order valence-electron chi connectivity index (χ0n) is 8.73. The molecule has 0 radical (unpaired) electrons. The first-order valence-corrected chi connectivity index (χ1v) is 5.16. The van der Waals surface area contributed by atoms with E-state index in [0.717, 1.165) is 6.42 Å². The highest BCUT2D eigenvalue weighted by molar-refractivity contribution is 6.04. The summed E-state index contributed by atoms with van der Waals surface area (Å²) in [6.45, 7) is 1.15. The van der Waals surface area contributed by atoms with Crippen LogP contribution in [-0.4, -0.2) is 48.2 Å². The fourth-order valence-electron chi connectivity index (χ4n) is 2.05. The number of hydrogen-bond donors (Lipinski definition) is 1. The quantitative estimate of drug-likeness (QED) is 0.675. The first kappa shape index (κ1) is 10.4. The van der Waals surface area contributed by atoms with E-state index in [0.29, 0.717) is 25.9 Å². The number of carbonyl (C=O) groups excluding carboxylic acids is 1. The van der Waals surface area contributed by atoms with Gasteiger partial charge in [-0.1, -0.05) is 0 Å². The Balaban J connectivity index is 2.01. The zero-order chi connectivity index (χ0) is 11.1. The van der Waals surface area contributed by atoms with Gasteiger partial charge in [-0.05, 0) is 19.3 Å². The van der Waals surface area contributed by atoms with E-state index in [-0.39, 0.29) is 12.0 Å². The van der Waals surface area contributed by atoms with E-state index in [4.69, 9.17) is 9.84 Å². The SMILES string of the molecule is COC1CCN(C(=O)C2(C(=O)O)CC2)C1. The average molecular weight is 213 g/mol. The predicted octanol–water partition coefficient (Wildman–Crippen LogP) is 0.0985. The van der Waals surface area contributed by atoms with Gasteiger partial charge in [0.05, 0.1) is 6.10 Å². The van der Waals surface area contributed by atoms with E-state index < -0.39 is 11.4 Å². The molecule has 1 saturated carbocycles. The molecular weight excluding hydrogens is 198 g/mol.